The minimum Gasteiger partial charge on any atom is -0.470 e. The zero-order chi connectivity index (χ0) is 20.8. The molecule has 0 radical (unpaired) electrons. The summed E-state index contributed by atoms with van der Waals surface area (Å²) in [7, 11) is 3.83. The molecule has 3 rings (SSSR count). The fourth-order valence-electron chi connectivity index (χ4n) is 3.37. The van der Waals surface area contributed by atoms with Gasteiger partial charge < -0.3 is 14.5 Å². The maximum absolute atomic E-state index is 12.8. The highest BCUT2D eigenvalue weighted by Crippen LogP contribution is 2.25. The Labute approximate surface area is 177 Å². The molecule has 0 spiro atoms. The molecule has 2 aromatic rings. The van der Waals surface area contributed by atoms with Gasteiger partial charge in [0.25, 0.3) is 5.88 Å². The normalized spacial score (nSPS) is 16.7. The maximum Gasteiger partial charge on any atom is 0.257 e. The van der Waals surface area contributed by atoms with E-state index in [1.54, 1.807) is 12.4 Å². The molecule has 1 aliphatic heterocycles. The first-order valence-corrected chi connectivity index (χ1v) is 11.0. The fraction of sp³-hybridized carbons (Fsp3) is 0.500. The van der Waals surface area contributed by atoms with E-state index in [1.165, 1.54) is 4.90 Å². The number of thioether (sulfide) groups is 1. The molecule has 0 N–H and O–H groups in total. The number of hydrogen-bond acceptors (Lipinski definition) is 6. The van der Waals surface area contributed by atoms with Gasteiger partial charge in [-0.25, -0.2) is 9.97 Å². The summed E-state index contributed by atoms with van der Waals surface area (Å²) in [6.07, 6.45) is 5.49. The van der Waals surface area contributed by atoms with Crippen molar-refractivity contribution in [1.29, 1.82) is 0 Å². The minimum absolute atomic E-state index is 0.0621. The Morgan fingerprint density at radius 3 is 2.66 bits per heavy atom. The van der Waals surface area contributed by atoms with Crippen molar-refractivity contribution in [1.82, 2.24) is 14.9 Å². The van der Waals surface area contributed by atoms with Crippen LogP contribution in [0.5, 0.6) is 5.88 Å². The SMILES string of the molecule is CC(C)Sc1ccc(CC(=O)N2CCCC(Oc3nccnc3N(C)C)C2)cc1. The number of carbonyl (C=O) groups excluding carboxylic acids is 1. The van der Waals surface area contributed by atoms with Gasteiger partial charge >= 0.3 is 0 Å². The second-order valence-corrected chi connectivity index (χ2v) is 9.44. The average molecular weight is 415 g/mol. The Morgan fingerprint density at radius 2 is 1.97 bits per heavy atom. The number of amides is 1. The van der Waals surface area contributed by atoms with Gasteiger partial charge in [-0.3, -0.25) is 4.79 Å². The Bertz CT molecular complexity index is 811. The predicted molar refractivity (Wildman–Crippen MR) is 118 cm³/mol. The van der Waals surface area contributed by atoms with Crippen LogP contribution in [-0.4, -0.2) is 59.3 Å². The largest absolute Gasteiger partial charge is 0.470 e. The highest BCUT2D eigenvalue weighted by molar-refractivity contribution is 7.99. The lowest BCUT2D eigenvalue weighted by molar-refractivity contribution is -0.133. The smallest absolute Gasteiger partial charge is 0.257 e. The minimum atomic E-state index is -0.0621. The van der Waals surface area contributed by atoms with Crippen LogP contribution in [0.4, 0.5) is 5.82 Å². The summed E-state index contributed by atoms with van der Waals surface area (Å²) in [5, 5.41) is 0.551. The van der Waals surface area contributed by atoms with Crippen molar-refractivity contribution in [3.8, 4) is 5.88 Å². The first-order chi connectivity index (χ1) is 13.9. The number of hydrogen-bond donors (Lipinski definition) is 0. The molecule has 1 amide bonds. The molecule has 1 atom stereocenters. The molecule has 0 saturated carbocycles. The third-order valence-corrected chi connectivity index (χ3v) is 5.75. The quantitative estimate of drug-likeness (QED) is 0.645. The number of likely N-dealkylation sites (tertiary alicyclic amines) is 1. The molecule has 1 saturated heterocycles. The summed E-state index contributed by atoms with van der Waals surface area (Å²) >= 11 is 1.83. The zero-order valence-electron chi connectivity index (χ0n) is 17.7. The van der Waals surface area contributed by atoms with Crippen molar-refractivity contribution in [2.45, 2.75) is 49.4 Å². The van der Waals surface area contributed by atoms with Gasteiger partial charge in [0.2, 0.25) is 5.91 Å². The van der Waals surface area contributed by atoms with E-state index in [2.05, 4.69) is 48.1 Å². The van der Waals surface area contributed by atoms with Gasteiger partial charge in [0.1, 0.15) is 6.10 Å². The van der Waals surface area contributed by atoms with Crippen LogP contribution in [0.25, 0.3) is 0 Å². The number of aromatic nitrogens is 2. The van der Waals surface area contributed by atoms with Crippen molar-refractivity contribution >= 4 is 23.5 Å². The number of nitrogens with zero attached hydrogens (tertiary/aromatic N) is 4. The van der Waals surface area contributed by atoms with Crippen molar-refractivity contribution < 1.29 is 9.53 Å². The fourth-order valence-corrected chi connectivity index (χ4v) is 4.21. The van der Waals surface area contributed by atoms with Gasteiger partial charge in [-0.05, 0) is 30.5 Å². The van der Waals surface area contributed by atoms with E-state index in [1.807, 2.05) is 35.7 Å². The monoisotopic (exact) mass is 414 g/mol. The first-order valence-electron chi connectivity index (χ1n) is 10.1. The molecular formula is C22H30N4O2S. The van der Waals surface area contributed by atoms with Crippen LogP contribution in [0.3, 0.4) is 0 Å². The summed E-state index contributed by atoms with van der Waals surface area (Å²) in [5.74, 6) is 1.37. The summed E-state index contributed by atoms with van der Waals surface area (Å²) < 4.78 is 6.12. The van der Waals surface area contributed by atoms with Crippen LogP contribution in [0.15, 0.2) is 41.6 Å². The molecule has 156 valence electrons. The highest BCUT2D eigenvalue weighted by Gasteiger charge is 2.26. The van der Waals surface area contributed by atoms with Crippen molar-refractivity contribution in [3.63, 3.8) is 0 Å². The lowest BCUT2D eigenvalue weighted by atomic mass is 10.1. The summed E-state index contributed by atoms with van der Waals surface area (Å²) in [5.41, 5.74) is 1.05. The van der Waals surface area contributed by atoms with E-state index in [0.717, 1.165) is 24.9 Å². The predicted octanol–water partition coefficient (Wildman–Crippen LogP) is 3.66. The van der Waals surface area contributed by atoms with Gasteiger partial charge in [0.05, 0.1) is 13.0 Å². The topological polar surface area (TPSA) is 58.6 Å². The third kappa shape index (κ3) is 6.10. The first kappa shape index (κ1) is 21.4. The van der Waals surface area contributed by atoms with Crippen molar-refractivity contribution in [2.24, 2.45) is 0 Å². The van der Waals surface area contributed by atoms with E-state index in [9.17, 15) is 4.79 Å². The van der Waals surface area contributed by atoms with Gasteiger partial charge in [-0.2, -0.15) is 0 Å². The van der Waals surface area contributed by atoms with Crippen molar-refractivity contribution in [3.05, 3.63) is 42.2 Å². The lowest BCUT2D eigenvalue weighted by Crippen LogP contribution is -2.45. The van der Waals surface area contributed by atoms with Crippen LogP contribution in [0.1, 0.15) is 32.3 Å². The number of piperidine rings is 1. The van der Waals surface area contributed by atoms with E-state index >= 15 is 0 Å². The molecule has 6 nitrogen and oxygen atoms in total. The Balaban J connectivity index is 1.58. The van der Waals surface area contributed by atoms with E-state index in [0.29, 0.717) is 29.9 Å². The molecule has 1 aliphatic rings. The summed E-state index contributed by atoms with van der Waals surface area (Å²) in [4.78, 5) is 26.5. The number of anilines is 1. The molecule has 1 aromatic carbocycles. The highest BCUT2D eigenvalue weighted by atomic mass is 32.2. The van der Waals surface area contributed by atoms with Gasteiger partial charge in [0.15, 0.2) is 5.82 Å². The standard InChI is InChI=1S/C22H30N4O2S/c1-16(2)29-19-9-7-17(8-10-19)14-20(27)26-13-5-6-18(15-26)28-22-21(25(3)4)23-11-12-24-22/h7-12,16,18H,5-6,13-15H2,1-4H3. The molecule has 29 heavy (non-hydrogen) atoms. The zero-order valence-corrected chi connectivity index (χ0v) is 18.5. The van der Waals surface area contributed by atoms with Crippen LogP contribution in [-0.2, 0) is 11.2 Å². The Morgan fingerprint density at radius 1 is 1.24 bits per heavy atom. The van der Waals surface area contributed by atoms with Crippen LogP contribution >= 0.6 is 11.8 Å². The molecule has 0 bridgehead atoms. The number of benzene rings is 1. The average Bonchev–Trinajstić information content (AvgIpc) is 2.69. The van der Waals surface area contributed by atoms with Gasteiger partial charge in [0, 0.05) is 43.2 Å². The molecule has 1 unspecified atom stereocenters. The second-order valence-electron chi connectivity index (χ2n) is 7.79. The molecule has 0 aliphatic carbocycles. The van der Waals surface area contributed by atoms with E-state index < -0.39 is 0 Å². The lowest BCUT2D eigenvalue weighted by Gasteiger charge is -2.33. The molecule has 7 heteroatoms. The van der Waals surface area contributed by atoms with Crippen LogP contribution in [0.2, 0.25) is 0 Å². The molecule has 2 heterocycles. The van der Waals surface area contributed by atoms with Crippen molar-refractivity contribution in [2.75, 3.05) is 32.1 Å². The van der Waals surface area contributed by atoms with Gasteiger partial charge in [-0.1, -0.05) is 26.0 Å². The molecule has 1 fully saturated rings. The third-order valence-electron chi connectivity index (χ3n) is 4.73. The number of rotatable bonds is 7. The Hall–Kier alpha value is -2.28. The van der Waals surface area contributed by atoms with E-state index in [-0.39, 0.29) is 12.0 Å². The van der Waals surface area contributed by atoms with Gasteiger partial charge in [-0.15, -0.1) is 11.8 Å². The van der Waals surface area contributed by atoms with E-state index in [4.69, 9.17) is 4.74 Å². The number of carbonyl (C=O) groups is 1. The molecule has 1 aromatic heterocycles. The number of ether oxygens (including phenoxy) is 1. The van der Waals surface area contributed by atoms with Crippen LogP contribution in [0, 0.1) is 0 Å². The summed E-state index contributed by atoms with van der Waals surface area (Å²) in [6, 6.07) is 8.32. The maximum atomic E-state index is 12.8. The second kappa shape index (κ2) is 9.96. The Kier molecular flexibility index (Phi) is 7.36. The molecular weight excluding hydrogens is 384 g/mol. The van der Waals surface area contributed by atoms with Crippen LogP contribution < -0.4 is 9.64 Å². The summed E-state index contributed by atoms with van der Waals surface area (Å²) in [6.45, 7) is 5.73.